The van der Waals surface area contributed by atoms with Crippen molar-refractivity contribution in [1.82, 2.24) is 0 Å². The molecule has 0 amide bonds. The number of halogens is 1. The highest BCUT2D eigenvalue weighted by atomic mass is 79.9. The summed E-state index contributed by atoms with van der Waals surface area (Å²) in [5.41, 5.74) is 2.37. The molecule has 0 radical (unpaired) electrons. The normalized spacial score (nSPS) is 11.4. The van der Waals surface area contributed by atoms with Crippen molar-refractivity contribution in [2.45, 2.75) is 18.7 Å². The van der Waals surface area contributed by atoms with E-state index in [2.05, 4.69) is 20.7 Å². The number of carboxylic acids is 1. The number of nitrogens with one attached hydrogen (secondary N) is 1. The Hall–Kier alpha value is -1.80. The van der Waals surface area contributed by atoms with Gasteiger partial charge in [-0.2, -0.15) is 0 Å². The van der Waals surface area contributed by atoms with Crippen molar-refractivity contribution in [2.24, 2.45) is 0 Å². The molecule has 0 spiro atoms. The van der Waals surface area contributed by atoms with E-state index in [1.54, 1.807) is 18.2 Å². The van der Waals surface area contributed by atoms with Crippen molar-refractivity contribution in [3.8, 4) is 0 Å². The zero-order chi connectivity index (χ0) is 15.8. The highest BCUT2D eigenvalue weighted by Crippen LogP contribution is 2.28. The number of rotatable bonds is 4. The molecule has 1 heterocycles. The summed E-state index contributed by atoms with van der Waals surface area (Å²) in [6.45, 7) is 3.78. The molecule has 0 aliphatic heterocycles. The molecule has 2 N–H and O–H groups in total. The van der Waals surface area contributed by atoms with E-state index in [4.69, 9.17) is 9.52 Å². The molecule has 6 nitrogen and oxygen atoms in total. The zero-order valence-corrected chi connectivity index (χ0v) is 13.6. The molecule has 0 unspecified atom stereocenters. The first-order valence-electron chi connectivity index (χ1n) is 5.83. The lowest BCUT2D eigenvalue weighted by atomic mass is 10.1. The maximum Gasteiger partial charge on any atom is 0.371 e. The van der Waals surface area contributed by atoms with Gasteiger partial charge < -0.3 is 9.52 Å². The smallest absolute Gasteiger partial charge is 0.371 e. The van der Waals surface area contributed by atoms with Gasteiger partial charge in [0.05, 0.1) is 0 Å². The quantitative estimate of drug-likeness (QED) is 0.857. The Morgan fingerprint density at radius 3 is 2.43 bits per heavy atom. The first kappa shape index (κ1) is 15.6. The molecular formula is C13H12BrNO5S. The van der Waals surface area contributed by atoms with Crippen molar-refractivity contribution in [1.29, 1.82) is 0 Å². The number of furan rings is 1. The Kier molecular flexibility index (Phi) is 4.11. The predicted molar refractivity (Wildman–Crippen MR) is 80.1 cm³/mol. The van der Waals surface area contributed by atoms with E-state index in [0.717, 1.165) is 17.2 Å². The minimum absolute atomic E-state index is 0.156. The van der Waals surface area contributed by atoms with Gasteiger partial charge in [-0.05, 0) is 53.0 Å². The molecule has 0 saturated carbocycles. The highest BCUT2D eigenvalue weighted by molar-refractivity contribution is 9.10. The molecule has 0 saturated heterocycles. The van der Waals surface area contributed by atoms with Crippen LogP contribution in [0.5, 0.6) is 0 Å². The maximum absolute atomic E-state index is 12.3. The second kappa shape index (κ2) is 5.53. The van der Waals surface area contributed by atoms with Crippen molar-refractivity contribution in [2.75, 3.05) is 4.72 Å². The molecule has 0 atom stereocenters. The van der Waals surface area contributed by atoms with Crippen LogP contribution < -0.4 is 4.72 Å². The second-order valence-electron chi connectivity index (χ2n) is 4.46. The number of benzene rings is 1. The summed E-state index contributed by atoms with van der Waals surface area (Å²) in [5, 5.41) is 8.82. The van der Waals surface area contributed by atoms with Crippen molar-refractivity contribution in [3.05, 3.63) is 45.8 Å². The Balaban J connectivity index is 2.38. The van der Waals surface area contributed by atoms with Gasteiger partial charge in [-0.1, -0.05) is 6.07 Å². The van der Waals surface area contributed by atoms with Crippen molar-refractivity contribution < 1.29 is 22.7 Å². The fourth-order valence-corrected chi connectivity index (χ4v) is 3.65. The van der Waals surface area contributed by atoms with E-state index in [1.165, 1.54) is 0 Å². The van der Waals surface area contributed by atoms with Gasteiger partial charge in [0, 0.05) is 11.8 Å². The summed E-state index contributed by atoms with van der Waals surface area (Å²) in [6, 6.07) is 6.07. The largest absolute Gasteiger partial charge is 0.475 e. The fraction of sp³-hybridized carbons (Fsp3) is 0.154. The first-order valence-corrected chi connectivity index (χ1v) is 8.11. The number of aryl methyl sites for hydroxylation is 2. The minimum atomic E-state index is -3.94. The number of hydrogen-bond acceptors (Lipinski definition) is 4. The lowest BCUT2D eigenvalue weighted by Gasteiger charge is -2.08. The van der Waals surface area contributed by atoms with Gasteiger partial charge in [-0.15, -0.1) is 0 Å². The molecule has 0 fully saturated rings. The van der Waals surface area contributed by atoms with Crippen LogP contribution >= 0.6 is 15.9 Å². The predicted octanol–water partition coefficient (Wildman–Crippen LogP) is 3.16. The van der Waals surface area contributed by atoms with Crippen molar-refractivity contribution >= 4 is 37.6 Å². The van der Waals surface area contributed by atoms with Gasteiger partial charge in [0.15, 0.2) is 4.67 Å². The van der Waals surface area contributed by atoms with Gasteiger partial charge in [0.1, 0.15) is 4.90 Å². The Morgan fingerprint density at radius 2 is 1.90 bits per heavy atom. The molecule has 112 valence electrons. The number of hydrogen-bond donors (Lipinski definition) is 2. The summed E-state index contributed by atoms with van der Waals surface area (Å²) in [7, 11) is -3.94. The van der Waals surface area contributed by atoms with Gasteiger partial charge >= 0.3 is 5.97 Å². The topological polar surface area (TPSA) is 96.6 Å². The lowest BCUT2D eigenvalue weighted by Crippen LogP contribution is -2.13. The molecule has 2 rings (SSSR count). The van der Waals surface area contributed by atoms with Crippen LogP contribution in [-0.4, -0.2) is 19.5 Å². The average Bonchev–Trinajstić information content (AvgIpc) is 2.77. The summed E-state index contributed by atoms with van der Waals surface area (Å²) in [4.78, 5) is 10.5. The lowest BCUT2D eigenvalue weighted by molar-refractivity contribution is 0.0661. The Morgan fingerprint density at radius 1 is 1.24 bits per heavy atom. The van der Waals surface area contributed by atoms with E-state index in [0.29, 0.717) is 5.69 Å². The van der Waals surface area contributed by atoms with Crippen LogP contribution in [0, 0.1) is 13.8 Å². The first-order chi connectivity index (χ1) is 9.70. The van der Waals surface area contributed by atoms with Gasteiger partial charge in [-0.25, -0.2) is 13.2 Å². The number of carboxylic acid groups (broad SMARTS) is 1. The van der Waals surface area contributed by atoms with Crippen LogP contribution in [0.25, 0.3) is 0 Å². The van der Waals surface area contributed by atoms with Crippen LogP contribution in [0.2, 0.25) is 0 Å². The minimum Gasteiger partial charge on any atom is -0.475 e. The summed E-state index contributed by atoms with van der Waals surface area (Å²) < 4.78 is 31.6. The summed E-state index contributed by atoms with van der Waals surface area (Å²) in [5.74, 6) is -1.80. The van der Waals surface area contributed by atoms with E-state index < -0.39 is 21.8 Å². The maximum atomic E-state index is 12.3. The second-order valence-corrected chi connectivity index (χ2v) is 6.83. The SMILES string of the molecule is Cc1ccc(NS(=O)(=O)c2cc(C(=O)O)oc2Br)cc1C. The van der Waals surface area contributed by atoms with Gasteiger partial charge in [0.2, 0.25) is 5.76 Å². The third-order valence-corrected chi connectivity index (χ3v) is 5.15. The van der Waals surface area contributed by atoms with Crippen LogP contribution in [0.3, 0.4) is 0 Å². The Labute approximate surface area is 130 Å². The number of anilines is 1. The van der Waals surface area contributed by atoms with Crippen LogP contribution in [0.15, 0.2) is 38.2 Å². The molecule has 0 aliphatic rings. The third kappa shape index (κ3) is 3.27. The summed E-state index contributed by atoms with van der Waals surface area (Å²) in [6.07, 6.45) is 0. The van der Waals surface area contributed by atoms with Crippen LogP contribution in [0.1, 0.15) is 21.7 Å². The Bertz CT molecular complexity index is 810. The number of carbonyl (C=O) groups is 1. The summed E-state index contributed by atoms with van der Waals surface area (Å²) >= 11 is 2.91. The van der Waals surface area contributed by atoms with Crippen molar-refractivity contribution in [3.63, 3.8) is 0 Å². The van der Waals surface area contributed by atoms with E-state index >= 15 is 0 Å². The van der Waals surface area contributed by atoms with Gasteiger partial charge in [0.25, 0.3) is 10.0 Å². The molecular weight excluding hydrogens is 362 g/mol. The highest BCUT2D eigenvalue weighted by Gasteiger charge is 2.25. The average molecular weight is 374 g/mol. The van der Waals surface area contributed by atoms with Gasteiger partial charge in [-0.3, -0.25) is 4.72 Å². The number of aromatic carboxylic acids is 1. The molecule has 2 aromatic rings. The standard InChI is InChI=1S/C13H12BrNO5S/c1-7-3-4-9(5-8(7)2)15-21(18,19)11-6-10(13(16)17)20-12(11)14/h3-6,15H,1-2H3,(H,16,17). The van der Waals surface area contributed by atoms with E-state index in [1.807, 2.05) is 13.8 Å². The molecule has 21 heavy (non-hydrogen) atoms. The molecule has 0 bridgehead atoms. The van der Waals surface area contributed by atoms with E-state index in [-0.39, 0.29) is 9.56 Å². The monoisotopic (exact) mass is 373 g/mol. The molecule has 0 aliphatic carbocycles. The molecule has 1 aromatic carbocycles. The molecule has 8 heteroatoms. The van der Waals surface area contributed by atoms with Crippen LogP contribution in [0.4, 0.5) is 5.69 Å². The zero-order valence-electron chi connectivity index (χ0n) is 11.2. The fourth-order valence-electron chi connectivity index (χ4n) is 1.66. The van der Waals surface area contributed by atoms with Crippen LogP contribution in [-0.2, 0) is 10.0 Å². The third-order valence-electron chi connectivity index (χ3n) is 2.91. The van der Waals surface area contributed by atoms with E-state index in [9.17, 15) is 13.2 Å². The molecule has 1 aromatic heterocycles. The number of sulfonamides is 1.